The highest BCUT2D eigenvalue weighted by Crippen LogP contribution is 2.19. The van der Waals surface area contributed by atoms with Crippen LogP contribution in [-0.4, -0.2) is 29.0 Å². The molecule has 0 atom stereocenters. The lowest BCUT2D eigenvalue weighted by Crippen LogP contribution is -2.13. The maximum atomic E-state index is 12.4. The lowest BCUT2D eigenvalue weighted by atomic mass is 10.1. The Labute approximate surface area is 162 Å². The highest BCUT2D eigenvalue weighted by molar-refractivity contribution is 6.04. The number of hydrogen-bond acceptors (Lipinski definition) is 6. The molecule has 1 aromatic heterocycles. The Morgan fingerprint density at radius 1 is 0.929 bits per heavy atom. The Balaban J connectivity index is 1.66. The van der Waals surface area contributed by atoms with Crippen molar-refractivity contribution in [3.8, 4) is 0 Å². The summed E-state index contributed by atoms with van der Waals surface area (Å²) in [5.41, 5.74) is 4.40. The summed E-state index contributed by atoms with van der Waals surface area (Å²) in [4.78, 5) is 32.2. The minimum Gasteiger partial charge on any atom is -0.465 e. The Hall–Kier alpha value is -3.74. The molecule has 0 unspecified atom stereocenters. The van der Waals surface area contributed by atoms with Crippen LogP contribution in [0, 0.1) is 13.8 Å². The minimum absolute atomic E-state index is 0.323. The lowest BCUT2D eigenvalue weighted by molar-refractivity contribution is 0.0600. The Bertz CT molecular complexity index is 999. The van der Waals surface area contributed by atoms with Crippen LogP contribution >= 0.6 is 0 Å². The van der Waals surface area contributed by atoms with Crippen molar-refractivity contribution in [2.45, 2.75) is 13.8 Å². The fraction of sp³-hybridized carbons (Fsp3) is 0.143. The first-order chi connectivity index (χ1) is 13.5. The van der Waals surface area contributed by atoms with Gasteiger partial charge < -0.3 is 15.4 Å². The van der Waals surface area contributed by atoms with Gasteiger partial charge in [0.1, 0.15) is 0 Å². The number of aromatic nitrogens is 2. The van der Waals surface area contributed by atoms with Gasteiger partial charge in [-0.1, -0.05) is 12.1 Å². The third-order valence-corrected chi connectivity index (χ3v) is 4.12. The number of aryl methyl sites for hydroxylation is 2. The second kappa shape index (κ2) is 8.30. The molecule has 2 aromatic carbocycles. The van der Waals surface area contributed by atoms with Crippen LogP contribution in [0.15, 0.2) is 54.9 Å². The zero-order chi connectivity index (χ0) is 20.1. The first-order valence-electron chi connectivity index (χ1n) is 8.62. The van der Waals surface area contributed by atoms with Crippen molar-refractivity contribution in [2.24, 2.45) is 0 Å². The summed E-state index contributed by atoms with van der Waals surface area (Å²) in [5.74, 6) is -0.366. The van der Waals surface area contributed by atoms with Crippen LogP contribution in [-0.2, 0) is 4.74 Å². The highest BCUT2D eigenvalue weighted by Gasteiger charge is 2.10. The van der Waals surface area contributed by atoms with E-state index < -0.39 is 5.97 Å². The molecule has 0 aliphatic heterocycles. The SMILES string of the molecule is COC(=O)c1ccc(NC(=O)c2cnc(Nc3cc(C)ccc3C)nc2)cc1. The van der Waals surface area contributed by atoms with E-state index in [1.165, 1.54) is 19.5 Å². The van der Waals surface area contributed by atoms with Crippen LogP contribution in [0.5, 0.6) is 0 Å². The maximum Gasteiger partial charge on any atom is 0.337 e. The van der Waals surface area contributed by atoms with Gasteiger partial charge in [0.25, 0.3) is 5.91 Å². The monoisotopic (exact) mass is 376 g/mol. The molecular weight excluding hydrogens is 356 g/mol. The topological polar surface area (TPSA) is 93.2 Å². The Morgan fingerprint density at radius 3 is 2.25 bits per heavy atom. The molecule has 0 aliphatic rings. The number of esters is 1. The summed E-state index contributed by atoms with van der Waals surface area (Å²) in [6.45, 7) is 4.01. The standard InChI is InChI=1S/C21H20N4O3/c1-13-4-5-14(2)18(10-13)25-21-22-11-16(12-23-21)19(26)24-17-8-6-15(7-9-17)20(27)28-3/h4-12H,1-3H3,(H,24,26)(H,22,23,25). The molecule has 0 aliphatic carbocycles. The van der Waals surface area contributed by atoms with Crippen LogP contribution in [0.2, 0.25) is 0 Å². The normalized spacial score (nSPS) is 10.2. The van der Waals surface area contributed by atoms with Gasteiger partial charge in [-0.25, -0.2) is 14.8 Å². The van der Waals surface area contributed by atoms with Crippen molar-refractivity contribution in [3.63, 3.8) is 0 Å². The largest absolute Gasteiger partial charge is 0.465 e. The van der Waals surface area contributed by atoms with Crippen molar-refractivity contribution in [1.29, 1.82) is 0 Å². The molecule has 0 radical (unpaired) electrons. The number of methoxy groups -OCH3 is 1. The number of nitrogens with zero attached hydrogens (tertiary/aromatic N) is 2. The molecule has 2 N–H and O–H groups in total. The second-order valence-corrected chi connectivity index (χ2v) is 6.26. The molecule has 142 valence electrons. The summed E-state index contributed by atoms with van der Waals surface area (Å²) in [6.07, 6.45) is 2.91. The van der Waals surface area contributed by atoms with Gasteiger partial charge in [0, 0.05) is 23.8 Å². The average molecular weight is 376 g/mol. The molecule has 7 heteroatoms. The smallest absolute Gasteiger partial charge is 0.337 e. The number of benzene rings is 2. The van der Waals surface area contributed by atoms with E-state index in [0.29, 0.717) is 22.8 Å². The van der Waals surface area contributed by atoms with E-state index in [4.69, 9.17) is 0 Å². The van der Waals surface area contributed by atoms with Crippen LogP contribution < -0.4 is 10.6 Å². The average Bonchev–Trinajstić information content (AvgIpc) is 2.71. The molecule has 1 amide bonds. The fourth-order valence-electron chi connectivity index (χ4n) is 2.51. The van der Waals surface area contributed by atoms with Crippen LogP contribution in [0.4, 0.5) is 17.3 Å². The number of amides is 1. The molecule has 0 saturated carbocycles. The fourth-order valence-corrected chi connectivity index (χ4v) is 2.51. The number of carbonyl (C=O) groups is 2. The first kappa shape index (κ1) is 19.0. The highest BCUT2D eigenvalue weighted by atomic mass is 16.5. The molecular formula is C21H20N4O3. The van der Waals surface area contributed by atoms with Crippen molar-refractivity contribution >= 4 is 29.2 Å². The summed E-state index contributed by atoms with van der Waals surface area (Å²) >= 11 is 0. The van der Waals surface area contributed by atoms with Gasteiger partial charge in [0.15, 0.2) is 0 Å². The number of carbonyl (C=O) groups excluding carboxylic acids is 2. The van der Waals surface area contributed by atoms with E-state index >= 15 is 0 Å². The van der Waals surface area contributed by atoms with E-state index in [1.807, 2.05) is 32.0 Å². The lowest BCUT2D eigenvalue weighted by Gasteiger charge is -2.10. The van der Waals surface area contributed by atoms with E-state index in [9.17, 15) is 9.59 Å². The van der Waals surface area contributed by atoms with Gasteiger partial charge in [0.05, 0.1) is 18.2 Å². The maximum absolute atomic E-state index is 12.4. The quantitative estimate of drug-likeness (QED) is 0.657. The van der Waals surface area contributed by atoms with Crippen molar-refractivity contribution in [3.05, 3.63) is 77.1 Å². The van der Waals surface area contributed by atoms with Gasteiger partial charge in [-0.2, -0.15) is 0 Å². The van der Waals surface area contributed by atoms with Gasteiger partial charge in [-0.05, 0) is 55.3 Å². The predicted octanol–water partition coefficient (Wildman–Crippen LogP) is 3.88. The van der Waals surface area contributed by atoms with Gasteiger partial charge in [-0.15, -0.1) is 0 Å². The molecule has 0 fully saturated rings. The number of nitrogens with one attached hydrogen (secondary N) is 2. The molecule has 0 saturated heterocycles. The minimum atomic E-state index is -0.432. The van der Waals surface area contributed by atoms with Crippen molar-refractivity contribution < 1.29 is 14.3 Å². The van der Waals surface area contributed by atoms with Gasteiger partial charge >= 0.3 is 5.97 Å². The zero-order valence-electron chi connectivity index (χ0n) is 15.8. The van der Waals surface area contributed by atoms with E-state index in [0.717, 1.165) is 16.8 Å². The summed E-state index contributed by atoms with van der Waals surface area (Å²) < 4.78 is 4.65. The number of anilines is 3. The van der Waals surface area contributed by atoms with Crippen LogP contribution in [0.25, 0.3) is 0 Å². The van der Waals surface area contributed by atoms with Gasteiger partial charge in [0.2, 0.25) is 5.95 Å². The molecule has 28 heavy (non-hydrogen) atoms. The van der Waals surface area contributed by atoms with Gasteiger partial charge in [-0.3, -0.25) is 4.79 Å². The van der Waals surface area contributed by atoms with Crippen LogP contribution in [0.1, 0.15) is 31.8 Å². The predicted molar refractivity (Wildman–Crippen MR) is 107 cm³/mol. The van der Waals surface area contributed by atoms with Crippen molar-refractivity contribution in [2.75, 3.05) is 17.7 Å². The molecule has 3 rings (SSSR count). The van der Waals surface area contributed by atoms with Crippen LogP contribution in [0.3, 0.4) is 0 Å². The molecule has 7 nitrogen and oxygen atoms in total. The molecule has 3 aromatic rings. The number of rotatable bonds is 5. The third-order valence-electron chi connectivity index (χ3n) is 4.12. The van der Waals surface area contributed by atoms with E-state index in [1.54, 1.807) is 24.3 Å². The number of hydrogen-bond donors (Lipinski definition) is 2. The van der Waals surface area contributed by atoms with E-state index in [2.05, 4.69) is 25.3 Å². The Morgan fingerprint density at radius 2 is 1.61 bits per heavy atom. The summed E-state index contributed by atoms with van der Waals surface area (Å²) in [6, 6.07) is 12.5. The second-order valence-electron chi connectivity index (χ2n) is 6.26. The zero-order valence-corrected chi connectivity index (χ0v) is 15.8. The summed E-state index contributed by atoms with van der Waals surface area (Å²) in [7, 11) is 1.32. The first-order valence-corrected chi connectivity index (χ1v) is 8.62. The Kier molecular flexibility index (Phi) is 5.64. The molecule has 1 heterocycles. The number of ether oxygens (including phenoxy) is 1. The molecule has 0 bridgehead atoms. The third kappa shape index (κ3) is 4.50. The molecule has 0 spiro atoms. The van der Waals surface area contributed by atoms with E-state index in [-0.39, 0.29) is 5.91 Å². The summed E-state index contributed by atoms with van der Waals surface area (Å²) in [5, 5.41) is 5.89. The van der Waals surface area contributed by atoms with Crippen molar-refractivity contribution in [1.82, 2.24) is 9.97 Å².